The van der Waals surface area contributed by atoms with E-state index in [-0.39, 0.29) is 0 Å². The largest absolute Gasteiger partial charge is 0.315 e. The molecule has 0 aromatic heterocycles. The van der Waals surface area contributed by atoms with Crippen LogP contribution in [0.3, 0.4) is 0 Å². The van der Waals surface area contributed by atoms with Gasteiger partial charge in [0.15, 0.2) is 0 Å². The molecule has 4 N–H and O–H groups in total. The molecule has 1 aliphatic rings. The molecule has 20 heavy (non-hydrogen) atoms. The molecule has 0 amide bonds. The van der Waals surface area contributed by atoms with Crippen molar-refractivity contribution in [1.82, 2.24) is 20.5 Å². The van der Waals surface area contributed by atoms with Crippen LogP contribution in [0.5, 0.6) is 0 Å². The molecule has 0 atom stereocenters. The smallest absolute Gasteiger partial charge is 0.0253 e. The molecule has 1 fully saturated rings. The van der Waals surface area contributed by atoms with Crippen molar-refractivity contribution < 1.29 is 0 Å². The lowest BCUT2D eigenvalue weighted by atomic mass is 10.3. The van der Waals surface area contributed by atoms with Gasteiger partial charge in [0, 0.05) is 39.3 Å². The summed E-state index contributed by atoms with van der Waals surface area (Å²) in [5, 5.41) is 8.91. The molecule has 0 aromatic rings. The van der Waals surface area contributed by atoms with E-state index in [1.807, 2.05) is 5.01 Å². The van der Waals surface area contributed by atoms with Gasteiger partial charge in [-0.15, -0.1) is 0 Å². The molecule has 0 saturated carbocycles. The molecule has 0 bridgehead atoms. The lowest BCUT2D eigenvalue weighted by Crippen LogP contribution is -2.41. The lowest BCUT2D eigenvalue weighted by molar-refractivity contribution is 0.229. The number of nitrogens with two attached hydrogens (primary N) is 1. The van der Waals surface area contributed by atoms with Gasteiger partial charge in [-0.1, -0.05) is 12.2 Å². The summed E-state index contributed by atoms with van der Waals surface area (Å²) < 4.78 is 0. The standard InChI is InChI=1S/C15H33N5/c1-2-3-4-11-19-12-6-13-20(16)15-10-18-8-5-7-17-9-14-19/h2-3,17-18H,4-16H2,1H3/b3-2-. The zero-order valence-electron chi connectivity index (χ0n) is 13.1. The van der Waals surface area contributed by atoms with Crippen molar-refractivity contribution in [3.8, 4) is 0 Å². The third kappa shape index (κ3) is 9.44. The summed E-state index contributed by atoms with van der Waals surface area (Å²) in [5.41, 5.74) is 0. The van der Waals surface area contributed by atoms with E-state index in [1.54, 1.807) is 0 Å². The van der Waals surface area contributed by atoms with E-state index in [9.17, 15) is 0 Å². The van der Waals surface area contributed by atoms with Gasteiger partial charge in [-0.25, -0.2) is 5.01 Å². The highest BCUT2D eigenvalue weighted by molar-refractivity contribution is 4.78. The van der Waals surface area contributed by atoms with Gasteiger partial charge in [0.1, 0.15) is 0 Å². The fourth-order valence-electron chi connectivity index (χ4n) is 2.42. The highest BCUT2D eigenvalue weighted by Crippen LogP contribution is 1.96. The monoisotopic (exact) mass is 283 g/mol. The zero-order valence-corrected chi connectivity index (χ0v) is 13.1. The summed E-state index contributed by atoms with van der Waals surface area (Å²) in [6, 6.07) is 0. The number of hydrazine groups is 1. The Hall–Kier alpha value is -0.460. The highest BCUT2D eigenvalue weighted by atomic mass is 15.4. The third-order valence-corrected chi connectivity index (χ3v) is 3.66. The summed E-state index contributed by atoms with van der Waals surface area (Å²) in [6.45, 7) is 11.7. The topological polar surface area (TPSA) is 56.6 Å². The molecule has 1 rings (SSSR count). The molecule has 1 saturated heterocycles. The van der Waals surface area contributed by atoms with Gasteiger partial charge in [-0.3, -0.25) is 5.84 Å². The number of nitrogens with one attached hydrogen (secondary N) is 2. The van der Waals surface area contributed by atoms with Crippen LogP contribution in [-0.4, -0.2) is 68.8 Å². The minimum atomic E-state index is 0.937. The Labute approximate surface area is 124 Å². The minimum absolute atomic E-state index is 0.937. The van der Waals surface area contributed by atoms with Gasteiger partial charge in [0.05, 0.1) is 0 Å². The van der Waals surface area contributed by atoms with Crippen molar-refractivity contribution >= 4 is 0 Å². The molecule has 0 spiro atoms. The number of nitrogens with zero attached hydrogens (tertiary/aromatic N) is 2. The summed E-state index contributed by atoms with van der Waals surface area (Å²) >= 11 is 0. The average Bonchev–Trinajstić information content (AvgIpc) is 2.44. The third-order valence-electron chi connectivity index (χ3n) is 3.66. The Bertz CT molecular complexity index is 244. The first-order valence-electron chi connectivity index (χ1n) is 8.07. The summed E-state index contributed by atoms with van der Waals surface area (Å²) in [5.74, 6) is 6.00. The van der Waals surface area contributed by atoms with Crippen LogP contribution in [0, 0.1) is 0 Å². The average molecular weight is 283 g/mol. The SMILES string of the molecule is C/C=C\CCN1CCCN(N)CCNCCCNCC1. The summed E-state index contributed by atoms with van der Waals surface area (Å²) in [4.78, 5) is 2.55. The van der Waals surface area contributed by atoms with Crippen LogP contribution >= 0.6 is 0 Å². The number of allylic oxidation sites excluding steroid dienone is 1. The van der Waals surface area contributed by atoms with Crippen molar-refractivity contribution in [3.05, 3.63) is 12.2 Å². The molecule has 0 aromatic carbocycles. The molecule has 0 radical (unpaired) electrons. The molecular weight excluding hydrogens is 250 g/mol. The van der Waals surface area contributed by atoms with E-state index >= 15 is 0 Å². The Morgan fingerprint density at radius 3 is 2.45 bits per heavy atom. The van der Waals surface area contributed by atoms with E-state index in [0.29, 0.717) is 0 Å². The zero-order chi connectivity index (χ0) is 14.5. The van der Waals surface area contributed by atoms with Crippen LogP contribution in [-0.2, 0) is 0 Å². The molecule has 0 unspecified atom stereocenters. The van der Waals surface area contributed by atoms with Gasteiger partial charge >= 0.3 is 0 Å². The molecule has 5 heteroatoms. The molecule has 118 valence electrons. The molecule has 1 aliphatic heterocycles. The minimum Gasteiger partial charge on any atom is -0.315 e. The van der Waals surface area contributed by atoms with E-state index in [4.69, 9.17) is 5.84 Å². The highest BCUT2D eigenvalue weighted by Gasteiger charge is 2.06. The van der Waals surface area contributed by atoms with Crippen LogP contribution in [0.15, 0.2) is 12.2 Å². The fraction of sp³-hybridized carbons (Fsp3) is 0.867. The number of hydrogen-bond donors (Lipinski definition) is 3. The van der Waals surface area contributed by atoms with Crippen molar-refractivity contribution in [2.45, 2.75) is 26.2 Å². The van der Waals surface area contributed by atoms with Crippen LogP contribution in [0.25, 0.3) is 0 Å². The van der Waals surface area contributed by atoms with Crippen molar-refractivity contribution in [1.29, 1.82) is 0 Å². The maximum atomic E-state index is 6.00. The van der Waals surface area contributed by atoms with Gasteiger partial charge in [-0.2, -0.15) is 0 Å². The van der Waals surface area contributed by atoms with Crippen LogP contribution in [0.2, 0.25) is 0 Å². The van der Waals surface area contributed by atoms with Crippen molar-refractivity contribution in [2.24, 2.45) is 5.84 Å². The maximum Gasteiger partial charge on any atom is 0.0253 e. The molecule has 1 heterocycles. The van der Waals surface area contributed by atoms with Gasteiger partial charge in [0.25, 0.3) is 0 Å². The number of hydrogen-bond acceptors (Lipinski definition) is 5. The van der Waals surface area contributed by atoms with Crippen LogP contribution in [0.4, 0.5) is 0 Å². The molecular formula is C15H33N5. The molecule has 0 aliphatic carbocycles. The number of rotatable bonds is 3. The predicted molar refractivity (Wildman–Crippen MR) is 86.6 cm³/mol. The first kappa shape index (κ1) is 17.6. The Kier molecular flexibility index (Phi) is 10.8. The first-order chi connectivity index (χ1) is 9.83. The quantitative estimate of drug-likeness (QED) is 0.517. The van der Waals surface area contributed by atoms with E-state index < -0.39 is 0 Å². The van der Waals surface area contributed by atoms with Gasteiger partial charge in [-0.05, 0) is 45.8 Å². The molecule has 5 nitrogen and oxygen atoms in total. The van der Waals surface area contributed by atoms with Crippen LogP contribution in [0.1, 0.15) is 26.2 Å². The van der Waals surface area contributed by atoms with Gasteiger partial charge < -0.3 is 15.5 Å². The van der Waals surface area contributed by atoms with Crippen molar-refractivity contribution in [2.75, 3.05) is 58.9 Å². The Balaban J connectivity index is 2.31. The lowest BCUT2D eigenvalue weighted by Gasteiger charge is -2.24. The van der Waals surface area contributed by atoms with E-state index in [1.165, 1.54) is 6.42 Å². The van der Waals surface area contributed by atoms with Crippen LogP contribution < -0.4 is 16.5 Å². The second-order valence-electron chi connectivity index (χ2n) is 5.44. The normalized spacial score (nSPS) is 22.9. The van der Waals surface area contributed by atoms with E-state index in [2.05, 4.69) is 34.6 Å². The first-order valence-corrected chi connectivity index (χ1v) is 8.07. The second-order valence-corrected chi connectivity index (χ2v) is 5.44. The fourth-order valence-corrected chi connectivity index (χ4v) is 2.42. The Morgan fingerprint density at radius 2 is 1.70 bits per heavy atom. The van der Waals surface area contributed by atoms with Crippen molar-refractivity contribution in [3.63, 3.8) is 0 Å². The van der Waals surface area contributed by atoms with Gasteiger partial charge in [0.2, 0.25) is 0 Å². The summed E-state index contributed by atoms with van der Waals surface area (Å²) in [7, 11) is 0. The predicted octanol–water partition coefficient (Wildman–Crippen LogP) is 0.403. The summed E-state index contributed by atoms with van der Waals surface area (Å²) in [6.07, 6.45) is 7.86. The van der Waals surface area contributed by atoms with E-state index in [0.717, 1.165) is 71.7 Å². The maximum absolute atomic E-state index is 6.00. The Morgan fingerprint density at radius 1 is 0.950 bits per heavy atom. The second kappa shape index (κ2) is 12.3.